The van der Waals surface area contributed by atoms with Gasteiger partial charge in [0, 0.05) is 0 Å². The van der Waals surface area contributed by atoms with E-state index in [0.717, 1.165) is 0 Å². The van der Waals surface area contributed by atoms with E-state index in [1.807, 2.05) is 0 Å². The van der Waals surface area contributed by atoms with Crippen molar-refractivity contribution in [2.75, 3.05) is 0 Å². The Balaban J connectivity index is 0. The van der Waals surface area contributed by atoms with Crippen molar-refractivity contribution >= 4 is 49.7 Å². The molecule has 0 aliphatic carbocycles. The maximum absolute atomic E-state index is 5.13. The summed E-state index contributed by atoms with van der Waals surface area (Å²) in [6.45, 7) is 36.1. The van der Waals surface area contributed by atoms with Gasteiger partial charge in [0.2, 0.25) is 0 Å². The van der Waals surface area contributed by atoms with E-state index in [4.69, 9.17) is 14.3 Å². The van der Waals surface area contributed by atoms with E-state index in [1.54, 1.807) is 0 Å². The van der Waals surface area contributed by atoms with Crippen molar-refractivity contribution in [1.29, 1.82) is 0 Å². The van der Waals surface area contributed by atoms with Crippen molar-refractivity contribution in [2.24, 2.45) is 14.3 Å². The predicted molar refractivity (Wildman–Crippen MR) is 257 cm³/mol. The molecular formula is C50H76N4Re2S2-4. The minimum absolute atomic E-state index is 0. The van der Waals surface area contributed by atoms with Gasteiger partial charge in [0.05, 0.1) is 0 Å². The Labute approximate surface area is 386 Å². The van der Waals surface area contributed by atoms with Crippen molar-refractivity contribution in [3.63, 3.8) is 0 Å². The second-order valence-electron chi connectivity index (χ2n) is 16.9. The zero-order chi connectivity index (χ0) is 40.3. The van der Waals surface area contributed by atoms with Crippen LogP contribution in [-0.4, -0.2) is 0 Å². The zero-order valence-corrected chi connectivity index (χ0v) is 46.2. The SMILES string of the molecule is CC(C)c1cccc(C(C)C)c1[N]=[Re]=[N]c1c(C(C)C)cccc1C(C)C.CC(C)c1cccc(C(C)C)c1[N]=[Re]=[N]c1c(C(C)C)cccc1C(C)C.[CH3-].[CH3-].[SH-].[SH-]. The summed E-state index contributed by atoms with van der Waals surface area (Å²) in [7, 11) is 0. The third kappa shape index (κ3) is 15.9. The van der Waals surface area contributed by atoms with Crippen molar-refractivity contribution in [1.82, 2.24) is 0 Å². The van der Waals surface area contributed by atoms with Crippen LogP contribution in [0.1, 0.15) is 203 Å². The Bertz CT molecular complexity index is 1600. The first-order valence-corrected chi connectivity index (χ1v) is 25.0. The molecule has 0 saturated carbocycles. The molecule has 0 fully saturated rings. The average Bonchev–Trinajstić information content (AvgIpc) is 3.11. The summed E-state index contributed by atoms with van der Waals surface area (Å²) in [6, 6.07) is 26.5. The minimum atomic E-state index is -1.09. The molecule has 58 heavy (non-hydrogen) atoms. The number of hydrogen-bond acceptors (Lipinski definition) is 6. The van der Waals surface area contributed by atoms with Gasteiger partial charge in [-0.05, 0) is 0 Å². The second-order valence-corrected chi connectivity index (χ2v) is 20.4. The molecule has 8 heteroatoms. The molecule has 4 aromatic rings. The molecule has 0 aliphatic heterocycles. The topological polar surface area (TPSA) is 49.4 Å². The fourth-order valence-electron chi connectivity index (χ4n) is 6.63. The third-order valence-corrected chi connectivity index (χ3v) is 13.4. The molecule has 0 atom stereocenters. The van der Waals surface area contributed by atoms with Crippen LogP contribution in [0.25, 0.3) is 0 Å². The number of nitrogens with zero attached hydrogens (tertiary/aromatic N) is 4. The smallest absolute Gasteiger partial charge is 0.358 e. The van der Waals surface area contributed by atoms with Gasteiger partial charge in [0.1, 0.15) is 0 Å². The van der Waals surface area contributed by atoms with Crippen LogP contribution in [-0.2, 0) is 62.2 Å². The van der Waals surface area contributed by atoms with Gasteiger partial charge in [-0.25, -0.2) is 0 Å². The van der Waals surface area contributed by atoms with Crippen LogP contribution in [0.3, 0.4) is 0 Å². The first kappa shape index (κ1) is 58.2. The summed E-state index contributed by atoms with van der Waals surface area (Å²) in [5.41, 5.74) is 15.7. The van der Waals surface area contributed by atoms with E-state index >= 15 is 0 Å². The summed E-state index contributed by atoms with van der Waals surface area (Å²) in [6.07, 6.45) is 0. The molecule has 4 rings (SSSR count). The van der Waals surface area contributed by atoms with Crippen molar-refractivity contribution in [3.05, 3.63) is 132 Å². The third-order valence-electron chi connectivity index (χ3n) is 9.86. The van der Waals surface area contributed by atoms with Crippen LogP contribution >= 0.6 is 0 Å². The zero-order valence-electron chi connectivity index (χ0n) is 39.0. The number of hydrogen-bond donors (Lipinski definition) is 0. The van der Waals surface area contributed by atoms with Gasteiger partial charge >= 0.3 is 348 Å². The van der Waals surface area contributed by atoms with Gasteiger partial charge in [-0.15, -0.1) is 0 Å². The van der Waals surface area contributed by atoms with E-state index < -0.39 is 35.2 Å². The molecule has 4 aromatic carbocycles. The Morgan fingerprint density at radius 1 is 0.276 bits per heavy atom. The van der Waals surface area contributed by atoms with Gasteiger partial charge < -0.3 is 41.8 Å². The molecule has 0 radical (unpaired) electrons. The summed E-state index contributed by atoms with van der Waals surface area (Å²) >= 11 is -2.18. The van der Waals surface area contributed by atoms with Crippen LogP contribution in [0.5, 0.6) is 0 Å². The Morgan fingerprint density at radius 2 is 0.397 bits per heavy atom. The van der Waals surface area contributed by atoms with E-state index in [-0.39, 0.29) is 41.8 Å². The Morgan fingerprint density at radius 3 is 0.500 bits per heavy atom. The van der Waals surface area contributed by atoms with Crippen molar-refractivity contribution in [2.45, 2.75) is 158 Å². The molecule has 0 aromatic heterocycles. The summed E-state index contributed by atoms with van der Waals surface area (Å²) < 4.78 is 20.5. The van der Waals surface area contributed by atoms with Crippen LogP contribution in [0, 0.1) is 14.9 Å². The van der Waals surface area contributed by atoms with E-state index in [0.29, 0.717) is 47.3 Å². The fraction of sp³-hybridized carbons (Fsp3) is 0.480. The molecule has 0 spiro atoms. The van der Waals surface area contributed by atoms with E-state index in [9.17, 15) is 0 Å². The van der Waals surface area contributed by atoms with Gasteiger partial charge in [0.15, 0.2) is 0 Å². The van der Waals surface area contributed by atoms with Crippen LogP contribution in [0.15, 0.2) is 87.1 Å². The van der Waals surface area contributed by atoms with Crippen LogP contribution in [0.2, 0.25) is 0 Å². The molecule has 0 heterocycles. The first-order chi connectivity index (χ1) is 25.5. The maximum Gasteiger partial charge on any atom is -0.358 e. The monoisotopic (exact) mass is 1170 g/mol. The Kier molecular flexibility index (Phi) is 27.9. The Hall–Kier alpha value is -1.90. The van der Waals surface area contributed by atoms with Crippen LogP contribution < -0.4 is 0 Å². The molecule has 0 aliphatic rings. The first-order valence-electron chi connectivity index (χ1n) is 20.1. The van der Waals surface area contributed by atoms with E-state index in [2.05, 4.69) is 184 Å². The van der Waals surface area contributed by atoms with Gasteiger partial charge in [-0.1, -0.05) is 0 Å². The second kappa shape index (κ2) is 27.9. The van der Waals surface area contributed by atoms with Crippen LogP contribution in [0.4, 0.5) is 22.7 Å². The summed E-state index contributed by atoms with van der Waals surface area (Å²) in [5.74, 6) is 3.84. The summed E-state index contributed by atoms with van der Waals surface area (Å²) in [4.78, 5) is 0. The van der Waals surface area contributed by atoms with Crippen molar-refractivity contribution < 1.29 is 35.2 Å². The molecule has 4 nitrogen and oxygen atoms in total. The standard InChI is InChI=1S/4C12H17N.2CH3.2Re.2H2S/c4*1-8(2)10-6-5-7-11(9(3)4)12(10)13;;;;;;/h4*5-9H,1-4H3;2*1H3;;;2*1H2/q;;;;2*-1;;;;/p-2. The van der Waals surface area contributed by atoms with Gasteiger partial charge in [0.25, 0.3) is 0 Å². The number of rotatable bonds is 12. The van der Waals surface area contributed by atoms with Gasteiger partial charge in [-0.2, -0.15) is 0 Å². The fourth-order valence-corrected chi connectivity index (χ4v) is 10.8. The molecule has 326 valence electrons. The molecule has 0 amide bonds. The average molecular weight is 1170 g/mol. The summed E-state index contributed by atoms with van der Waals surface area (Å²) in [5, 5.41) is 0. The molecule has 0 unspecified atom stereocenters. The molecular weight excluding hydrogens is 1090 g/mol. The largest absolute Gasteiger partial charge is 0.813 e. The van der Waals surface area contributed by atoms with Gasteiger partial charge in [-0.3, -0.25) is 0 Å². The number of benzene rings is 4. The predicted octanol–water partition coefficient (Wildman–Crippen LogP) is 17.5. The minimum Gasteiger partial charge on any atom is -0.813 e. The normalized spacial score (nSPS) is 10.8. The van der Waals surface area contributed by atoms with Crippen molar-refractivity contribution in [3.8, 4) is 0 Å². The molecule has 0 bridgehead atoms. The number of thiol groups is 2. The molecule has 0 saturated heterocycles. The van der Waals surface area contributed by atoms with E-state index in [1.165, 1.54) is 67.3 Å². The maximum atomic E-state index is 5.13. The quantitative estimate of drug-likeness (QED) is 0.0806. The molecule has 0 N–H and O–H groups in total.